The molecular weight excluding hydrogens is 310 g/mol. The summed E-state index contributed by atoms with van der Waals surface area (Å²) in [6.07, 6.45) is 2.02. The second-order valence-electron chi connectivity index (χ2n) is 5.12. The molecule has 0 saturated carbocycles. The number of carbonyl (C=O) groups excluding carboxylic acids is 2. The molecule has 0 aromatic heterocycles. The van der Waals surface area contributed by atoms with Crippen LogP contribution < -0.4 is 5.32 Å². The van der Waals surface area contributed by atoms with Gasteiger partial charge in [0.05, 0.1) is 5.56 Å². The van der Waals surface area contributed by atoms with Gasteiger partial charge in [0.1, 0.15) is 0 Å². The zero-order valence-electron chi connectivity index (χ0n) is 13.2. The number of anilines is 1. The first-order valence-corrected chi connectivity index (χ1v) is 8.59. The third kappa shape index (κ3) is 5.45. The van der Waals surface area contributed by atoms with Crippen molar-refractivity contribution in [1.29, 1.82) is 0 Å². The number of amides is 1. The normalized spacial score (nSPS) is 10.2. The van der Waals surface area contributed by atoms with Gasteiger partial charge in [-0.2, -0.15) is 11.8 Å². The minimum absolute atomic E-state index is 0.306. The van der Waals surface area contributed by atoms with Crippen molar-refractivity contribution in [3.63, 3.8) is 0 Å². The van der Waals surface area contributed by atoms with E-state index in [-0.39, 0.29) is 12.5 Å². The third-order valence-electron chi connectivity index (χ3n) is 3.17. The van der Waals surface area contributed by atoms with Crippen LogP contribution in [-0.4, -0.2) is 24.7 Å². The molecule has 0 unspecified atom stereocenters. The molecule has 0 aliphatic carbocycles. The number of hydrogen-bond donors (Lipinski definition) is 1. The maximum absolute atomic E-state index is 11.9. The monoisotopic (exact) mass is 329 g/mol. The van der Waals surface area contributed by atoms with Crippen LogP contribution in [0.1, 0.15) is 21.5 Å². The summed E-state index contributed by atoms with van der Waals surface area (Å²) in [4.78, 5) is 23.7. The number of rotatable bonds is 6. The number of carbonyl (C=O) groups is 2. The van der Waals surface area contributed by atoms with Crippen molar-refractivity contribution in [2.24, 2.45) is 0 Å². The Bertz CT molecular complexity index is 666. The Kier molecular flexibility index (Phi) is 6.23. The molecule has 5 heteroatoms. The fourth-order valence-corrected chi connectivity index (χ4v) is 2.48. The van der Waals surface area contributed by atoms with Crippen LogP contribution in [0.3, 0.4) is 0 Å². The molecule has 1 amide bonds. The van der Waals surface area contributed by atoms with E-state index in [2.05, 4.69) is 5.32 Å². The molecule has 0 aliphatic heterocycles. The summed E-state index contributed by atoms with van der Waals surface area (Å²) < 4.78 is 5.03. The van der Waals surface area contributed by atoms with E-state index in [0.29, 0.717) is 11.3 Å². The summed E-state index contributed by atoms with van der Waals surface area (Å²) >= 11 is 1.72. The molecule has 0 saturated heterocycles. The van der Waals surface area contributed by atoms with Gasteiger partial charge >= 0.3 is 5.97 Å². The first kappa shape index (κ1) is 17.1. The lowest BCUT2D eigenvalue weighted by molar-refractivity contribution is -0.119. The van der Waals surface area contributed by atoms with Crippen LogP contribution in [0.2, 0.25) is 0 Å². The summed E-state index contributed by atoms with van der Waals surface area (Å²) in [5.74, 6) is 0.0369. The Hall–Kier alpha value is -2.27. The molecule has 0 radical (unpaired) electrons. The maximum atomic E-state index is 11.9. The van der Waals surface area contributed by atoms with Gasteiger partial charge in [0.15, 0.2) is 6.61 Å². The van der Waals surface area contributed by atoms with Gasteiger partial charge in [0.2, 0.25) is 0 Å². The zero-order chi connectivity index (χ0) is 16.7. The molecule has 0 bridgehead atoms. The van der Waals surface area contributed by atoms with Gasteiger partial charge in [-0.05, 0) is 43.0 Å². The van der Waals surface area contributed by atoms with E-state index in [9.17, 15) is 9.59 Å². The van der Waals surface area contributed by atoms with Gasteiger partial charge < -0.3 is 10.1 Å². The van der Waals surface area contributed by atoms with Crippen LogP contribution in [0.4, 0.5) is 5.69 Å². The van der Waals surface area contributed by atoms with E-state index in [1.165, 1.54) is 0 Å². The lowest BCUT2D eigenvalue weighted by atomic mass is 10.1. The van der Waals surface area contributed by atoms with Gasteiger partial charge in [-0.25, -0.2) is 4.79 Å². The van der Waals surface area contributed by atoms with Crippen molar-refractivity contribution in [3.05, 3.63) is 65.2 Å². The highest BCUT2D eigenvalue weighted by molar-refractivity contribution is 7.97. The molecule has 2 rings (SSSR count). The van der Waals surface area contributed by atoms with E-state index < -0.39 is 5.97 Å². The number of esters is 1. The van der Waals surface area contributed by atoms with Gasteiger partial charge in [-0.15, -0.1) is 0 Å². The summed E-state index contributed by atoms with van der Waals surface area (Å²) in [6.45, 7) is 1.66. The largest absolute Gasteiger partial charge is 0.452 e. The van der Waals surface area contributed by atoms with E-state index >= 15 is 0 Å². The fraction of sp³-hybridized carbons (Fsp3) is 0.222. The standard InChI is InChI=1S/C18H19NO3S/c1-13-3-9-16(10-4-13)19-17(20)11-22-18(21)15-7-5-14(6-8-15)12-23-2/h3-10H,11-12H2,1-2H3,(H,19,20). The summed E-state index contributed by atoms with van der Waals surface area (Å²) in [5.41, 5.74) is 3.38. The molecule has 120 valence electrons. The van der Waals surface area contributed by atoms with Crippen molar-refractivity contribution in [3.8, 4) is 0 Å². The fourth-order valence-electron chi connectivity index (χ4n) is 1.95. The van der Waals surface area contributed by atoms with Crippen LogP contribution in [0, 0.1) is 6.92 Å². The number of aryl methyl sites for hydroxylation is 1. The number of hydrogen-bond acceptors (Lipinski definition) is 4. The average molecular weight is 329 g/mol. The lowest BCUT2D eigenvalue weighted by Gasteiger charge is -2.07. The molecule has 0 fully saturated rings. The number of benzene rings is 2. The summed E-state index contributed by atoms with van der Waals surface area (Å²) in [7, 11) is 0. The van der Waals surface area contributed by atoms with Gasteiger partial charge in [-0.1, -0.05) is 29.8 Å². The Morgan fingerprint density at radius 2 is 1.70 bits per heavy atom. The molecule has 0 spiro atoms. The lowest BCUT2D eigenvalue weighted by Crippen LogP contribution is -2.20. The summed E-state index contributed by atoms with van der Waals surface area (Å²) in [5, 5.41) is 2.68. The van der Waals surface area contributed by atoms with Crippen molar-refractivity contribution in [1.82, 2.24) is 0 Å². The second-order valence-corrected chi connectivity index (χ2v) is 5.99. The molecule has 2 aromatic carbocycles. The van der Waals surface area contributed by atoms with Crippen LogP contribution in [0.15, 0.2) is 48.5 Å². The minimum atomic E-state index is -0.500. The van der Waals surface area contributed by atoms with Crippen molar-refractivity contribution in [2.75, 3.05) is 18.2 Å². The van der Waals surface area contributed by atoms with Crippen molar-refractivity contribution in [2.45, 2.75) is 12.7 Å². The third-order valence-corrected chi connectivity index (χ3v) is 3.79. The summed E-state index contributed by atoms with van der Waals surface area (Å²) in [6, 6.07) is 14.6. The number of ether oxygens (including phenoxy) is 1. The predicted octanol–water partition coefficient (Wildman–Crippen LogP) is 3.65. The quantitative estimate of drug-likeness (QED) is 0.822. The van der Waals surface area contributed by atoms with E-state index in [4.69, 9.17) is 4.74 Å². The van der Waals surface area contributed by atoms with Crippen LogP contribution in [-0.2, 0) is 15.3 Å². The Labute approximate surface area is 140 Å². The number of nitrogens with one attached hydrogen (secondary N) is 1. The highest BCUT2D eigenvalue weighted by atomic mass is 32.2. The van der Waals surface area contributed by atoms with Gasteiger partial charge in [-0.3, -0.25) is 4.79 Å². The number of thioether (sulfide) groups is 1. The van der Waals surface area contributed by atoms with Gasteiger partial charge in [0.25, 0.3) is 5.91 Å². The smallest absolute Gasteiger partial charge is 0.338 e. The van der Waals surface area contributed by atoms with Crippen molar-refractivity contribution < 1.29 is 14.3 Å². The topological polar surface area (TPSA) is 55.4 Å². The van der Waals surface area contributed by atoms with Crippen molar-refractivity contribution >= 4 is 29.3 Å². The molecule has 4 nitrogen and oxygen atoms in total. The Balaban J connectivity index is 1.83. The molecule has 23 heavy (non-hydrogen) atoms. The van der Waals surface area contributed by atoms with E-state index in [1.54, 1.807) is 36.0 Å². The Morgan fingerprint density at radius 3 is 2.30 bits per heavy atom. The molecule has 2 aromatic rings. The van der Waals surface area contributed by atoms with Crippen LogP contribution in [0.5, 0.6) is 0 Å². The molecule has 0 heterocycles. The van der Waals surface area contributed by atoms with Crippen LogP contribution >= 0.6 is 11.8 Å². The first-order chi connectivity index (χ1) is 11.1. The van der Waals surface area contributed by atoms with Crippen LogP contribution in [0.25, 0.3) is 0 Å². The maximum Gasteiger partial charge on any atom is 0.338 e. The molecule has 0 aliphatic rings. The molecular formula is C18H19NO3S. The zero-order valence-corrected chi connectivity index (χ0v) is 14.0. The molecule has 0 atom stereocenters. The highest BCUT2D eigenvalue weighted by Gasteiger charge is 2.10. The molecule has 1 N–H and O–H groups in total. The highest BCUT2D eigenvalue weighted by Crippen LogP contribution is 2.12. The van der Waals surface area contributed by atoms with Gasteiger partial charge in [0, 0.05) is 11.4 Å². The Morgan fingerprint density at radius 1 is 1.04 bits per heavy atom. The second kappa shape index (κ2) is 8.39. The first-order valence-electron chi connectivity index (χ1n) is 7.20. The van der Waals surface area contributed by atoms with E-state index in [0.717, 1.165) is 16.9 Å². The van der Waals surface area contributed by atoms with E-state index in [1.807, 2.05) is 37.4 Å². The average Bonchev–Trinajstić information content (AvgIpc) is 2.56. The predicted molar refractivity (Wildman–Crippen MR) is 93.8 cm³/mol. The minimum Gasteiger partial charge on any atom is -0.452 e. The SMILES string of the molecule is CSCc1ccc(C(=O)OCC(=O)Nc2ccc(C)cc2)cc1.